The lowest BCUT2D eigenvalue weighted by Gasteiger charge is -2.23. The fraction of sp³-hybridized carbons (Fsp3) is 0.375. The topological polar surface area (TPSA) is 55.8 Å². The average molecular weight is 434 g/mol. The van der Waals surface area contributed by atoms with Crippen molar-refractivity contribution in [3.63, 3.8) is 0 Å². The molecule has 0 spiro atoms. The van der Waals surface area contributed by atoms with Gasteiger partial charge in [-0.15, -0.1) is 11.3 Å². The molecule has 0 saturated carbocycles. The van der Waals surface area contributed by atoms with E-state index in [1.807, 2.05) is 24.4 Å². The molecule has 2 aromatic rings. The Morgan fingerprint density at radius 3 is 2.71 bits per heavy atom. The van der Waals surface area contributed by atoms with Crippen LogP contribution in [0.15, 0.2) is 45.1 Å². The van der Waals surface area contributed by atoms with Crippen molar-refractivity contribution in [2.45, 2.75) is 18.4 Å². The zero-order chi connectivity index (χ0) is 17.6. The van der Waals surface area contributed by atoms with Crippen LogP contribution in [-0.2, 0) is 21.3 Å². The number of halogens is 1. The smallest absolute Gasteiger partial charge is 0.247 e. The van der Waals surface area contributed by atoms with Crippen LogP contribution in [0.25, 0.3) is 0 Å². The van der Waals surface area contributed by atoms with E-state index in [0.29, 0.717) is 30.0 Å². The molecule has 24 heavy (non-hydrogen) atoms. The van der Waals surface area contributed by atoms with Crippen LogP contribution >= 0.6 is 27.3 Å². The van der Waals surface area contributed by atoms with Gasteiger partial charge in [-0.25, -0.2) is 8.42 Å². The monoisotopic (exact) mass is 433 g/mol. The van der Waals surface area contributed by atoms with Gasteiger partial charge in [0.2, 0.25) is 10.0 Å². The lowest BCUT2D eigenvalue weighted by Crippen LogP contribution is -2.33. The van der Waals surface area contributed by atoms with Crippen molar-refractivity contribution in [3.8, 4) is 5.75 Å². The molecule has 132 valence electrons. The number of thiophene rings is 1. The van der Waals surface area contributed by atoms with Crippen molar-refractivity contribution in [3.05, 3.63) is 45.1 Å². The van der Waals surface area contributed by atoms with Crippen LogP contribution in [0.5, 0.6) is 5.75 Å². The average Bonchev–Trinajstić information content (AvgIpc) is 3.06. The van der Waals surface area contributed by atoms with E-state index < -0.39 is 10.0 Å². The molecule has 0 aliphatic rings. The Balaban J connectivity index is 2.41. The Bertz CT molecular complexity index is 747. The third-order valence-electron chi connectivity index (χ3n) is 3.28. The van der Waals surface area contributed by atoms with Gasteiger partial charge in [0.15, 0.2) is 0 Å². The molecule has 1 aromatic heterocycles. The first-order chi connectivity index (χ1) is 11.5. The molecule has 1 heterocycles. The number of hydrogen-bond acceptors (Lipinski definition) is 5. The molecule has 0 radical (unpaired) electrons. The molecule has 0 aliphatic carbocycles. The highest BCUT2D eigenvalue weighted by molar-refractivity contribution is 9.10. The summed E-state index contributed by atoms with van der Waals surface area (Å²) in [5.41, 5.74) is 0. The molecule has 0 amide bonds. The van der Waals surface area contributed by atoms with Crippen LogP contribution < -0.4 is 4.74 Å². The molecular formula is C16H20BrNO4S2. The second kappa shape index (κ2) is 8.96. The van der Waals surface area contributed by atoms with Crippen molar-refractivity contribution < 1.29 is 17.9 Å². The van der Waals surface area contributed by atoms with Crippen molar-refractivity contribution in [1.29, 1.82) is 0 Å². The minimum absolute atomic E-state index is 0.159. The van der Waals surface area contributed by atoms with Crippen molar-refractivity contribution in [2.75, 3.05) is 26.9 Å². The quantitative estimate of drug-likeness (QED) is 0.604. The summed E-state index contributed by atoms with van der Waals surface area (Å²) in [4.78, 5) is 1.13. The molecule has 0 atom stereocenters. The van der Waals surface area contributed by atoms with Crippen LogP contribution in [0.1, 0.15) is 11.8 Å². The number of nitrogens with zero attached hydrogens (tertiary/aromatic N) is 1. The van der Waals surface area contributed by atoms with E-state index in [2.05, 4.69) is 15.9 Å². The summed E-state index contributed by atoms with van der Waals surface area (Å²) in [6.07, 6.45) is 0. The molecule has 0 N–H and O–H groups in total. The predicted octanol–water partition coefficient (Wildman–Crippen LogP) is 3.75. The first kappa shape index (κ1) is 19.4. The summed E-state index contributed by atoms with van der Waals surface area (Å²) in [6.45, 7) is 3.12. The van der Waals surface area contributed by atoms with Crippen LogP contribution in [0.3, 0.4) is 0 Å². The van der Waals surface area contributed by atoms with E-state index in [1.54, 1.807) is 25.3 Å². The van der Waals surface area contributed by atoms with Gasteiger partial charge in [0.25, 0.3) is 0 Å². The third-order valence-corrected chi connectivity index (χ3v) is 6.50. The Morgan fingerprint density at radius 2 is 2.08 bits per heavy atom. The zero-order valence-corrected chi connectivity index (χ0v) is 16.8. The normalized spacial score (nSPS) is 11.8. The lowest BCUT2D eigenvalue weighted by atomic mass is 10.3. The predicted molar refractivity (Wildman–Crippen MR) is 99.1 cm³/mol. The van der Waals surface area contributed by atoms with Gasteiger partial charge >= 0.3 is 0 Å². The largest absolute Gasteiger partial charge is 0.492 e. The van der Waals surface area contributed by atoms with Crippen molar-refractivity contribution in [2.24, 2.45) is 0 Å². The van der Waals surface area contributed by atoms with E-state index in [4.69, 9.17) is 9.47 Å². The summed E-state index contributed by atoms with van der Waals surface area (Å²) in [5.74, 6) is 0.356. The minimum atomic E-state index is -3.72. The van der Waals surface area contributed by atoms with E-state index in [1.165, 1.54) is 15.6 Å². The first-order valence-electron chi connectivity index (χ1n) is 7.43. The van der Waals surface area contributed by atoms with Gasteiger partial charge in [-0.2, -0.15) is 4.31 Å². The summed E-state index contributed by atoms with van der Waals surface area (Å²) in [5, 5.41) is 1.93. The second-order valence-corrected chi connectivity index (χ2v) is 8.79. The minimum Gasteiger partial charge on any atom is -0.492 e. The number of benzene rings is 1. The van der Waals surface area contributed by atoms with Crippen molar-refractivity contribution in [1.82, 2.24) is 4.31 Å². The fourth-order valence-electron chi connectivity index (χ4n) is 2.15. The van der Waals surface area contributed by atoms with Gasteiger partial charge in [0.1, 0.15) is 10.6 Å². The van der Waals surface area contributed by atoms with E-state index in [0.717, 1.165) is 4.88 Å². The van der Waals surface area contributed by atoms with Gasteiger partial charge in [-0.1, -0.05) is 22.0 Å². The Labute approximate surface area is 155 Å². The van der Waals surface area contributed by atoms with E-state index in [-0.39, 0.29) is 11.4 Å². The summed E-state index contributed by atoms with van der Waals surface area (Å²) in [6, 6.07) is 8.84. The van der Waals surface area contributed by atoms with Gasteiger partial charge in [-0.05, 0) is 36.6 Å². The van der Waals surface area contributed by atoms with E-state index in [9.17, 15) is 8.42 Å². The van der Waals surface area contributed by atoms with Crippen LogP contribution in [-0.4, -0.2) is 39.6 Å². The van der Waals surface area contributed by atoms with E-state index >= 15 is 0 Å². The highest BCUT2D eigenvalue weighted by Crippen LogP contribution is 2.31. The standard InChI is InChI=1S/C16H20BrNO4S2/c1-3-22-15-7-6-13(17)11-16(15)24(19,20)18(8-9-21-2)12-14-5-4-10-23-14/h4-7,10-11H,3,8-9,12H2,1-2H3. The summed E-state index contributed by atoms with van der Waals surface area (Å²) in [7, 11) is -2.16. The number of methoxy groups -OCH3 is 1. The van der Waals surface area contributed by atoms with Crippen LogP contribution in [0.4, 0.5) is 0 Å². The van der Waals surface area contributed by atoms with Gasteiger partial charge in [0, 0.05) is 29.5 Å². The second-order valence-electron chi connectivity index (χ2n) is 4.93. The Hall–Kier alpha value is -0.930. The molecule has 0 fully saturated rings. The Kier molecular flexibility index (Phi) is 7.24. The zero-order valence-electron chi connectivity index (χ0n) is 13.6. The number of rotatable bonds is 9. The molecule has 2 rings (SSSR count). The first-order valence-corrected chi connectivity index (χ1v) is 10.5. The number of ether oxygens (including phenoxy) is 2. The highest BCUT2D eigenvalue weighted by atomic mass is 79.9. The van der Waals surface area contributed by atoms with Gasteiger partial charge in [-0.3, -0.25) is 0 Å². The van der Waals surface area contributed by atoms with Gasteiger partial charge in [0.05, 0.1) is 13.2 Å². The molecule has 0 saturated heterocycles. The molecular weight excluding hydrogens is 414 g/mol. The maximum absolute atomic E-state index is 13.2. The third kappa shape index (κ3) is 4.80. The van der Waals surface area contributed by atoms with Gasteiger partial charge < -0.3 is 9.47 Å². The lowest BCUT2D eigenvalue weighted by molar-refractivity contribution is 0.177. The van der Waals surface area contributed by atoms with Crippen LogP contribution in [0, 0.1) is 0 Å². The molecule has 0 unspecified atom stereocenters. The highest BCUT2D eigenvalue weighted by Gasteiger charge is 2.28. The number of sulfonamides is 1. The fourth-order valence-corrected chi connectivity index (χ4v) is 5.02. The Morgan fingerprint density at radius 1 is 1.29 bits per heavy atom. The molecule has 8 heteroatoms. The maximum Gasteiger partial charge on any atom is 0.247 e. The van der Waals surface area contributed by atoms with Crippen LogP contribution in [0.2, 0.25) is 0 Å². The number of hydrogen-bond donors (Lipinski definition) is 0. The van der Waals surface area contributed by atoms with Crippen molar-refractivity contribution >= 4 is 37.3 Å². The molecule has 0 aliphatic heterocycles. The molecule has 1 aromatic carbocycles. The SMILES string of the molecule is CCOc1ccc(Br)cc1S(=O)(=O)N(CCOC)Cc1cccs1. The molecule has 0 bridgehead atoms. The maximum atomic E-state index is 13.2. The molecule has 5 nitrogen and oxygen atoms in total. The summed E-state index contributed by atoms with van der Waals surface area (Å²) >= 11 is 4.87. The summed E-state index contributed by atoms with van der Waals surface area (Å²) < 4.78 is 39.1.